The minimum Gasteiger partial charge on any atom is -0.479 e. The van der Waals surface area contributed by atoms with Crippen molar-refractivity contribution in [2.24, 2.45) is 0 Å². The van der Waals surface area contributed by atoms with Crippen molar-refractivity contribution < 1.29 is 19.4 Å². The van der Waals surface area contributed by atoms with Gasteiger partial charge in [-0.2, -0.15) is 0 Å². The molecule has 0 aromatic rings. The monoisotopic (exact) mass is 189 g/mol. The average Bonchev–Trinajstić information content (AvgIpc) is 2.02. The minimum absolute atomic E-state index is 0.0294. The first-order valence-electron chi connectivity index (χ1n) is 3.99. The highest BCUT2D eigenvalue weighted by atomic mass is 16.5. The number of nitrogens with one attached hydrogen (secondary N) is 1. The maximum atomic E-state index is 10.9. The second-order valence-corrected chi connectivity index (χ2v) is 2.86. The Morgan fingerprint density at radius 2 is 2.08 bits per heavy atom. The fourth-order valence-electron chi connectivity index (χ4n) is 1.08. The summed E-state index contributed by atoms with van der Waals surface area (Å²) < 4.78 is 4.76. The molecule has 5 heteroatoms. The van der Waals surface area contributed by atoms with E-state index >= 15 is 0 Å². The van der Waals surface area contributed by atoms with E-state index in [1.54, 1.807) is 6.92 Å². The van der Waals surface area contributed by atoms with Crippen LogP contribution in [0.5, 0.6) is 0 Å². The van der Waals surface area contributed by atoms with Crippen molar-refractivity contribution in [1.29, 1.82) is 0 Å². The zero-order valence-electron chi connectivity index (χ0n) is 8.09. The van der Waals surface area contributed by atoms with Crippen LogP contribution in [0.3, 0.4) is 0 Å². The van der Waals surface area contributed by atoms with Crippen molar-refractivity contribution in [2.45, 2.75) is 25.8 Å². The molecule has 0 aliphatic rings. The van der Waals surface area contributed by atoms with Crippen molar-refractivity contribution in [3.8, 4) is 0 Å². The highest BCUT2D eigenvalue weighted by Crippen LogP contribution is 2.10. The first kappa shape index (κ1) is 11.9. The van der Waals surface area contributed by atoms with Crippen molar-refractivity contribution in [1.82, 2.24) is 5.32 Å². The van der Waals surface area contributed by atoms with E-state index in [2.05, 4.69) is 5.32 Å². The van der Waals surface area contributed by atoms with Gasteiger partial charge in [0.2, 0.25) is 5.91 Å². The number of ether oxygens (including phenoxy) is 1. The number of carbonyl (C=O) groups is 2. The van der Waals surface area contributed by atoms with Gasteiger partial charge in [-0.1, -0.05) is 6.92 Å². The van der Waals surface area contributed by atoms with Crippen LogP contribution in [-0.2, 0) is 14.3 Å². The number of carbonyl (C=O) groups excluding carboxylic acids is 1. The third-order valence-electron chi connectivity index (χ3n) is 1.82. The summed E-state index contributed by atoms with van der Waals surface area (Å²) in [4.78, 5) is 21.7. The Balaban J connectivity index is 4.64. The Hall–Kier alpha value is -1.10. The predicted molar refractivity (Wildman–Crippen MR) is 46.4 cm³/mol. The lowest BCUT2D eigenvalue weighted by atomic mass is 9.97. The molecule has 2 N–H and O–H groups in total. The van der Waals surface area contributed by atoms with E-state index in [4.69, 9.17) is 9.84 Å². The van der Waals surface area contributed by atoms with Crippen LogP contribution < -0.4 is 5.32 Å². The number of hydrogen-bond donors (Lipinski definition) is 2. The molecule has 0 saturated heterocycles. The second kappa shape index (κ2) is 4.81. The number of aliphatic carboxylic acids is 1. The summed E-state index contributed by atoms with van der Waals surface area (Å²) in [6.45, 7) is 2.94. The molecule has 13 heavy (non-hydrogen) atoms. The molecule has 1 unspecified atom stereocenters. The van der Waals surface area contributed by atoms with E-state index in [0.717, 1.165) is 0 Å². The van der Waals surface area contributed by atoms with Crippen molar-refractivity contribution in [2.75, 3.05) is 13.7 Å². The number of methoxy groups -OCH3 is 1. The molecule has 0 rings (SSSR count). The minimum atomic E-state index is -1.29. The van der Waals surface area contributed by atoms with Gasteiger partial charge in [-0.05, 0) is 6.42 Å². The third kappa shape index (κ3) is 3.02. The lowest BCUT2D eigenvalue weighted by Gasteiger charge is -2.27. The quantitative estimate of drug-likeness (QED) is 0.638. The Morgan fingerprint density at radius 1 is 1.54 bits per heavy atom. The molecule has 0 fully saturated rings. The lowest BCUT2D eigenvalue weighted by Crippen LogP contribution is -2.56. The van der Waals surface area contributed by atoms with Gasteiger partial charge in [0.05, 0.1) is 6.61 Å². The van der Waals surface area contributed by atoms with Crippen LogP contribution in [0, 0.1) is 0 Å². The summed E-state index contributed by atoms with van der Waals surface area (Å²) in [5.74, 6) is -1.45. The van der Waals surface area contributed by atoms with E-state index in [-0.39, 0.29) is 18.9 Å². The maximum Gasteiger partial charge on any atom is 0.331 e. The van der Waals surface area contributed by atoms with Gasteiger partial charge in [-0.3, -0.25) is 4.79 Å². The topological polar surface area (TPSA) is 75.6 Å². The standard InChI is InChI=1S/C8H15NO4/c1-4-8(5-13-3,7(11)12)9-6(2)10/h4-5H2,1-3H3,(H,9,10)(H,11,12). The van der Waals surface area contributed by atoms with Gasteiger partial charge in [-0.25, -0.2) is 4.79 Å². The molecule has 0 bridgehead atoms. The van der Waals surface area contributed by atoms with Gasteiger partial charge in [0.1, 0.15) is 0 Å². The SMILES string of the molecule is CCC(COC)(NC(C)=O)C(=O)O. The summed E-state index contributed by atoms with van der Waals surface area (Å²) in [5.41, 5.74) is -1.29. The summed E-state index contributed by atoms with van der Waals surface area (Å²) in [5, 5.41) is 11.3. The van der Waals surface area contributed by atoms with E-state index in [9.17, 15) is 9.59 Å². The van der Waals surface area contributed by atoms with Crippen LogP contribution in [0.15, 0.2) is 0 Å². The molecule has 0 aliphatic heterocycles. The molecule has 0 heterocycles. The molecular formula is C8H15NO4. The smallest absolute Gasteiger partial charge is 0.331 e. The number of carboxylic acids is 1. The molecule has 0 aromatic heterocycles. The Morgan fingerprint density at radius 3 is 2.31 bits per heavy atom. The summed E-state index contributed by atoms with van der Waals surface area (Å²) in [6, 6.07) is 0. The second-order valence-electron chi connectivity index (χ2n) is 2.86. The van der Waals surface area contributed by atoms with Gasteiger partial charge in [0, 0.05) is 14.0 Å². The van der Waals surface area contributed by atoms with Gasteiger partial charge in [-0.15, -0.1) is 0 Å². The highest BCUT2D eigenvalue weighted by molar-refractivity contribution is 5.86. The summed E-state index contributed by atoms with van der Waals surface area (Å²) in [6.07, 6.45) is 0.287. The molecule has 0 saturated carbocycles. The van der Waals surface area contributed by atoms with Gasteiger partial charge in [0.15, 0.2) is 5.54 Å². The molecule has 0 aromatic carbocycles. The third-order valence-corrected chi connectivity index (χ3v) is 1.82. The highest BCUT2D eigenvalue weighted by Gasteiger charge is 2.37. The van der Waals surface area contributed by atoms with E-state index < -0.39 is 11.5 Å². The summed E-state index contributed by atoms with van der Waals surface area (Å²) >= 11 is 0. The Kier molecular flexibility index (Phi) is 4.40. The molecule has 76 valence electrons. The van der Waals surface area contributed by atoms with Crippen molar-refractivity contribution >= 4 is 11.9 Å². The summed E-state index contributed by atoms with van der Waals surface area (Å²) in [7, 11) is 1.40. The van der Waals surface area contributed by atoms with Gasteiger partial charge in [0.25, 0.3) is 0 Å². The average molecular weight is 189 g/mol. The lowest BCUT2D eigenvalue weighted by molar-refractivity contribution is -0.150. The van der Waals surface area contributed by atoms with Crippen LogP contribution >= 0.6 is 0 Å². The van der Waals surface area contributed by atoms with Crippen LogP contribution in [0.2, 0.25) is 0 Å². The van der Waals surface area contributed by atoms with Crippen LogP contribution in [0.4, 0.5) is 0 Å². The van der Waals surface area contributed by atoms with Crippen molar-refractivity contribution in [3.05, 3.63) is 0 Å². The predicted octanol–water partition coefficient (Wildman–Crippen LogP) is 0.00230. The largest absolute Gasteiger partial charge is 0.479 e. The number of carboxylic acid groups (broad SMARTS) is 1. The molecule has 0 spiro atoms. The van der Waals surface area contributed by atoms with E-state index in [1.807, 2.05) is 0 Å². The van der Waals surface area contributed by atoms with E-state index in [1.165, 1.54) is 14.0 Å². The molecule has 0 radical (unpaired) electrons. The van der Waals surface area contributed by atoms with Crippen LogP contribution in [-0.4, -0.2) is 36.2 Å². The first-order chi connectivity index (χ1) is 5.98. The zero-order valence-corrected chi connectivity index (χ0v) is 8.09. The van der Waals surface area contributed by atoms with Crippen molar-refractivity contribution in [3.63, 3.8) is 0 Å². The maximum absolute atomic E-state index is 10.9. The number of rotatable bonds is 5. The Bertz CT molecular complexity index is 204. The normalized spacial score (nSPS) is 14.7. The molecule has 1 atom stereocenters. The van der Waals surface area contributed by atoms with Crippen LogP contribution in [0.25, 0.3) is 0 Å². The number of amides is 1. The fourth-order valence-corrected chi connectivity index (χ4v) is 1.08. The first-order valence-corrected chi connectivity index (χ1v) is 3.99. The van der Waals surface area contributed by atoms with Crippen LogP contribution in [0.1, 0.15) is 20.3 Å². The molecule has 5 nitrogen and oxygen atoms in total. The Labute approximate surface area is 77.1 Å². The van der Waals surface area contributed by atoms with Gasteiger partial charge < -0.3 is 15.2 Å². The molecule has 1 amide bonds. The van der Waals surface area contributed by atoms with Gasteiger partial charge >= 0.3 is 5.97 Å². The molecular weight excluding hydrogens is 174 g/mol. The molecule has 0 aliphatic carbocycles. The number of hydrogen-bond acceptors (Lipinski definition) is 3. The fraction of sp³-hybridized carbons (Fsp3) is 0.750. The van der Waals surface area contributed by atoms with E-state index in [0.29, 0.717) is 0 Å². The zero-order chi connectivity index (χ0) is 10.5.